The fourth-order valence-corrected chi connectivity index (χ4v) is 5.02. The molecular weight excluding hydrogens is 292 g/mol. The van der Waals surface area contributed by atoms with Gasteiger partial charge in [0.15, 0.2) is 0 Å². The number of thiol groups is 1. The summed E-state index contributed by atoms with van der Waals surface area (Å²) in [7, 11) is -0.473. The second kappa shape index (κ2) is 6.88. The third-order valence-corrected chi connectivity index (χ3v) is 6.55. The summed E-state index contributed by atoms with van der Waals surface area (Å²) in [4.78, 5) is 5.52. The van der Waals surface area contributed by atoms with E-state index in [-0.39, 0.29) is 0 Å². The molecule has 0 bridgehead atoms. The lowest BCUT2D eigenvalue weighted by Crippen LogP contribution is -1.87. The van der Waals surface area contributed by atoms with E-state index in [1.165, 1.54) is 19.6 Å². The largest absolute Gasteiger partial charge is 0.173 e. The lowest BCUT2D eigenvalue weighted by Gasteiger charge is -2.23. The number of rotatable bonds is 4. The molecule has 0 unspecified atom stereocenters. The molecule has 0 saturated heterocycles. The minimum absolute atomic E-state index is 0.473. The molecule has 3 aromatic rings. The Morgan fingerprint density at radius 3 is 1.43 bits per heavy atom. The van der Waals surface area contributed by atoms with Gasteiger partial charge in [-0.15, -0.1) is 11.8 Å². The van der Waals surface area contributed by atoms with E-state index in [2.05, 4.69) is 91.2 Å². The second-order valence-electron chi connectivity index (χ2n) is 4.70. The monoisotopic (exact) mass is 310 g/mol. The molecule has 2 heteroatoms. The third-order valence-electron chi connectivity index (χ3n) is 3.36. The zero-order valence-corrected chi connectivity index (χ0v) is 13.6. The molecule has 0 heterocycles. The maximum Gasteiger partial charge on any atom is 0.00698 e. The fourth-order valence-electron chi connectivity index (χ4n) is 2.33. The highest BCUT2D eigenvalue weighted by atomic mass is 32.2. The van der Waals surface area contributed by atoms with Gasteiger partial charge in [0, 0.05) is 4.90 Å². The molecule has 0 N–H and O–H groups in total. The van der Waals surface area contributed by atoms with E-state index in [0.29, 0.717) is 0 Å². The van der Waals surface area contributed by atoms with Crippen LogP contribution in [0.5, 0.6) is 0 Å². The van der Waals surface area contributed by atoms with Crippen molar-refractivity contribution in [1.82, 2.24) is 0 Å². The van der Waals surface area contributed by atoms with E-state index < -0.39 is 10.9 Å². The van der Waals surface area contributed by atoms with Crippen LogP contribution in [-0.2, 0) is 0 Å². The lowest BCUT2D eigenvalue weighted by molar-refractivity contribution is 1.30. The summed E-state index contributed by atoms with van der Waals surface area (Å²) in [6, 6.07) is 30.6. The van der Waals surface area contributed by atoms with Gasteiger partial charge in [-0.3, -0.25) is 0 Å². The molecule has 0 saturated carbocycles. The molecule has 0 aromatic heterocycles. The maximum atomic E-state index is 2.28. The third kappa shape index (κ3) is 3.34. The Balaban J connectivity index is 2.07. The van der Waals surface area contributed by atoms with Gasteiger partial charge in [-0.05, 0) is 69.5 Å². The molecule has 0 spiro atoms. The van der Waals surface area contributed by atoms with Crippen molar-refractivity contribution in [3.05, 3.63) is 84.9 Å². The second-order valence-corrected chi connectivity index (χ2v) is 7.80. The maximum absolute atomic E-state index is 2.28. The van der Waals surface area contributed by atoms with Crippen LogP contribution >= 0.6 is 22.7 Å². The van der Waals surface area contributed by atoms with E-state index >= 15 is 0 Å². The smallest absolute Gasteiger partial charge is 0.00698 e. The lowest BCUT2D eigenvalue weighted by atomic mass is 10.4. The van der Waals surface area contributed by atoms with Crippen molar-refractivity contribution in [2.45, 2.75) is 19.6 Å². The van der Waals surface area contributed by atoms with Gasteiger partial charge in [-0.25, -0.2) is 0 Å². The molecular formula is C19H18S2. The Kier molecular flexibility index (Phi) is 4.69. The molecule has 3 aromatic carbocycles. The van der Waals surface area contributed by atoms with Crippen LogP contribution < -0.4 is 0 Å². The Morgan fingerprint density at radius 2 is 1.00 bits per heavy atom. The van der Waals surface area contributed by atoms with Crippen molar-refractivity contribution in [2.75, 3.05) is 6.26 Å². The molecule has 106 valence electrons. The van der Waals surface area contributed by atoms with Gasteiger partial charge in [-0.2, -0.15) is 10.9 Å². The average molecular weight is 310 g/mol. The minimum atomic E-state index is -0.473. The zero-order valence-electron chi connectivity index (χ0n) is 11.9. The molecule has 0 amide bonds. The van der Waals surface area contributed by atoms with Gasteiger partial charge >= 0.3 is 0 Å². The van der Waals surface area contributed by atoms with Crippen LogP contribution in [0.4, 0.5) is 0 Å². The number of benzene rings is 3. The van der Waals surface area contributed by atoms with Crippen molar-refractivity contribution < 1.29 is 0 Å². The van der Waals surface area contributed by atoms with Crippen molar-refractivity contribution >= 4 is 22.7 Å². The highest BCUT2D eigenvalue weighted by molar-refractivity contribution is 8.17. The SMILES string of the molecule is CSc1ccc([SH](c2ccccc2)c2ccccc2)cc1. The van der Waals surface area contributed by atoms with E-state index in [0.717, 1.165) is 0 Å². The van der Waals surface area contributed by atoms with Crippen molar-refractivity contribution in [2.24, 2.45) is 0 Å². The molecule has 3 rings (SSSR count). The summed E-state index contributed by atoms with van der Waals surface area (Å²) in [5, 5.41) is 0. The predicted molar refractivity (Wildman–Crippen MR) is 94.9 cm³/mol. The number of hydrogen-bond donors (Lipinski definition) is 1. The van der Waals surface area contributed by atoms with Gasteiger partial charge in [0.1, 0.15) is 0 Å². The van der Waals surface area contributed by atoms with E-state index in [9.17, 15) is 0 Å². The van der Waals surface area contributed by atoms with Crippen LogP contribution in [0, 0.1) is 0 Å². The number of thioether (sulfide) groups is 1. The van der Waals surface area contributed by atoms with Gasteiger partial charge in [0.2, 0.25) is 0 Å². The Labute approximate surface area is 133 Å². The van der Waals surface area contributed by atoms with Crippen LogP contribution in [-0.4, -0.2) is 6.26 Å². The van der Waals surface area contributed by atoms with Gasteiger partial charge < -0.3 is 0 Å². The van der Waals surface area contributed by atoms with Gasteiger partial charge in [0.25, 0.3) is 0 Å². The molecule has 0 aliphatic rings. The zero-order chi connectivity index (χ0) is 14.5. The Morgan fingerprint density at radius 1 is 0.571 bits per heavy atom. The van der Waals surface area contributed by atoms with Crippen LogP contribution in [0.3, 0.4) is 0 Å². The van der Waals surface area contributed by atoms with E-state index in [4.69, 9.17) is 0 Å². The Bertz CT molecular complexity index is 636. The fraction of sp³-hybridized carbons (Fsp3) is 0.0526. The summed E-state index contributed by atoms with van der Waals surface area (Å²) >= 11 is 1.79. The summed E-state index contributed by atoms with van der Waals surface area (Å²) in [6.45, 7) is 0. The first-order valence-corrected chi connectivity index (χ1v) is 9.49. The molecule has 0 radical (unpaired) electrons. The summed E-state index contributed by atoms with van der Waals surface area (Å²) in [6.07, 6.45) is 2.12. The van der Waals surface area contributed by atoms with E-state index in [1.54, 1.807) is 11.8 Å². The number of hydrogen-bond acceptors (Lipinski definition) is 1. The first kappa shape index (κ1) is 14.3. The van der Waals surface area contributed by atoms with Crippen molar-refractivity contribution in [3.63, 3.8) is 0 Å². The van der Waals surface area contributed by atoms with Crippen molar-refractivity contribution in [1.29, 1.82) is 0 Å². The molecule has 0 aliphatic heterocycles. The summed E-state index contributed by atoms with van der Waals surface area (Å²) in [5.41, 5.74) is 0. The predicted octanol–water partition coefficient (Wildman–Crippen LogP) is 5.89. The molecule has 0 nitrogen and oxygen atoms in total. The molecule has 0 fully saturated rings. The average Bonchev–Trinajstić information content (AvgIpc) is 2.58. The first-order chi connectivity index (χ1) is 10.4. The normalized spacial score (nSPS) is 11.2. The highest BCUT2D eigenvalue weighted by Gasteiger charge is 2.11. The van der Waals surface area contributed by atoms with Crippen LogP contribution in [0.1, 0.15) is 0 Å². The van der Waals surface area contributed by atoms with Crippen molar-refractivity contribution in [3.8, 4) is 0 Å². The molecule has 0 aliphatic carbocycles. The quantitative estimate of drug-likeness (QED) is 0.463. The highest BCUT2D eigenvalue weighted by Crippen LogP contribution is 2.51. The summed E-state index contributed by atoms with van der Waals surface area (Å²) < 4.78 is 0. The van der Waals surface area contributed by atoms with Gasteiger partial charge in [0.05, 0.1) is 0 Å². The molecule has 21 heavy (non-hydrogen) atoms. The van der Waals surface area contributed by atoms with Gasteiger partial charge in [-0.1, -0.05) is 36.4 Å². The first-order valence-electron chi connectivity index (χ1n) is 6.93. The standard InChI is InChI=1S/C19H18S2/c1-20-16-12-14-19(15-13-16)21(17-8-4-2-5-9-17)18-10-6-3-7-11-18/h2-15,21H,1H3. The minimum Gasteiger partial charge on any atom is -0.173 e. The van der Waals surface area contributed by atoms with Crippen LogP contribution in [0.2, 0.25) is 0 Å². The van der Waals surface area contributed by atoms with Crippen LogP contribution in [0.15, 0.2) is 105 Å². The molecule has 0 atom stereocenters. The van der Waals surface area contributed by atoms with E-state index in [1.807, 2.05) is 0 Å². The topological polar surface area (TPSA) is 0 Å². The summed E-state index contributed by atoms with van der Waals surface area (Å²) in [5.74, 6) is 0. The Hall–Kier alpha value is -1.64. The van der Waals surface area contributed by atoms with Crippen LogP contribution in [0.25, 0.3) is 0 Å².